The van der Waals surface area contributed by atoms with E-state index in [9.17, 15) is 9.59 Å². The van der Waals surface area contributed by atoms with Gasteiger partial charge in [-0.15, -0.1) is 0 Å². The minimum Gasteiger partial charge on any atom is -0.481 e. The van der Waals surface area contributed by atoms with E-state index in [4.69, 9.17) is 10.8 Å². The van der Waals surface area contributed by atoms with Gasteiger partial charge in [-0.1, -0.05) is 18.2 Å². The molecule has 2 aromatic carbocycles. The number of benzene rings is 2. The van der Waals surface area contributed by atoms with Crippen molar-refractivity contribution in [3.8, 4) is 0 Å². The van der Waals surface area contributed by atoms with Crippen LogP contribution < -0.4 is 5.73 Å². The molecule has 0 atom stereocenters. The van der Waals surface area contributed by atoms with Gasteiger partial charge in [0.15, 0.2) is 0 Å². The number of aryl methyl sites for hydroxylation is 2. The van der Waals surface area contributed by atoms with Gasteiger partial charge in [0, 0.05) is 29.3 Å². The van der Waals surface area contributed by atoms with Crippen LogP contribution in [0.15, 0.2) is 42.6 Å². The third-order valence-corrected chi connectivity index (χ3v) is 4.77. The first-order chi connectivity index (χ1) is 12.4. The van der Waals surface area contributed by atoms with Crippen LogP contribution in [0.1, 0.15) is 39.9 Å². The number of carbonyl (C=O) groups is 2. The second-order valence-electron chi connectivity index (χ2n) is 6.60. The maximum Gasteiger partial charge on any atom is 0.303 e. The molecule has 0 bridgehead atoms. The van der Waals surface area contributed by atoms with Gasteiger partial charge in [-0.25, -0.2) is 0 Å². The van der Waals surface area contributed by atoms with Gasteiger partial charge < -0.3 is 10.8 Å². The van der Waals surface area contributed by atoms with E-state index in [1.54, 1.807) is 10.6 Å². The number of aromatic nitrogens is 1. The van der Waals surface area contributed by atoms with Gasteiger partial charge in [0.05, 0.1) is 5.52 Å². The molecule has 3 rings (SSSR count). The predicted octanol–water partition coefficient (Wildman–Crippen LogP) is 3.94. The predicted molar refractivity (Wildman–Crippen MR) is 103 cm³/mol. The van der Waals surface area contributed by atoms with Crippen molar-refractivity contribution in [1.29, 1.82) is 0 Å². The largest absolute Gasteiger partial charge is 0.481 e. The zero-order valence-electron chi connectivity index (χ0n) is 15.0. The van der Waals surface area contributed by atoms with Crippen LogP contribution in [-0.4, -0.2) is 21.6 Å². The van der Waals surface area contributed by atoms with Crippen LogP contribution in [0, 0.1) is 13.8 Å². The summed E-state index contributed by atoms with van der Waals surface area (Å²) in [6.07, 6.45) is 3.09. The van der Waals surface area contributed by atoms with Gasteiger partial charge in [0.25, 0.3) is 5.91 Å². The summed E-state index contributed by atoms with van der Waals surface area (Å²) >= 11 is 0. The Labute approximate surface area is 152 Å². The Hall–Kier alpha value is -3.08. The molecular formula is C21H22N2O3. The average Bonchev–Trinajstić information content (AvgIpc) is 2.96. The summed E-state index contributed by atoms with van der Waals surface area (Å²) in [5.41, 5.74) is 10.8. The fourth-order valence-corrected chi connectivity index (χ4v) is 3.29. The van der Waals surface area contributed by atoms with E-state index >= 15 is 0 Å². The summed E-state index contributed by atoms with van der Waals surface area (Å²) in [5, 5.41) is 9.83. The molecule has 26 heavy (non-hydrogen) atoms. The van der Waals surface area contributed by atoms with E-state index in [0.717, 1.165) is 27.6 Å². The number of carboxylic acids is 1. The minimum absolute atomic E-state index is 0.112. The fraction of sp³-hybridized carbons (Fsp3) is 0.238. The van der Waals surface area contributed by atoms with Crippen molar-refractivity contribution < 1.29 is 14.7 Å². The second kappa shape index (κ2) is 7.04. The van der Waals surface area contributed by atoms with Crippen LogP contribution >= 0.6 is 0 Å². The van der Waals surface area contributed by atoms with Crippen molar-refractivity contribution in [2.45, 2.75) is 33.1 Å². The molecule has 0 saturated carbocycles. The van der Waals surface area contributed by atoms with Crippen molar-refractivity contribution in [2.75, 3.05) is 5.73 Å². The number of rotatable bonds is 5. The summed E-state index contributed by atoms with van der Waals surface area (Å²) in [6, 6.07) is 11.3. The molecule has 0 aliphatic heterocycles. The van der Waals surface area contributed by atoms with E-state index in [-0.39, 0.29) is 12.3 Å². The first kappa shape index (κ1) is 17.7. The Kier molecular flexibility index (Phi) is 4.80. The number of aliphatic carboxylic acids is 1. The second-order valence-corrected chi connectivity index (χ2v) is 6.60. The van der Waals surface area contributed by atoms with E-state index in [0.29, 0.717) is 24.1 Å². The standard InChI is InChI=1S/C21H22N2O3/c1-13-10-16(22)11-18(14(13)2)21(26)23-12-15(6-5-9-20(24)25)17-7-3-4-8-19(17)23/h3-4,7-8,10-12H,5-6,9,22H2,1-2H3,(H,24,25). The topological polar surface area (TPSA) is 85.3 Å². The lowest BCUT2D eigenvalue weighted by Gasteiger charge is -2.11. The molecule has 0 amide bonds. The average molecular weight is 350 g/mol. The molecule has 1 heterocycles. The highest BCUT2D eigenvalue weighted by Crippen LogP contribution is 2.26. The van der Waals surface area contributed by atoms with Crippen molar-refractivity contribution in [2.24, 2.45) is 0 Å². The third-order valence-electron chi connectivity index (χ3n) is 4.77. The van der Waals surface area contributed by atoms with Gasteiger partial charge in [0.2, 0.25) is 0 Å². The number of nitrogen functional groups attached to an aromatic ring is 1. The Balaban J connectivity index is 2.05. The summed E-state index contributed by atoms with van der Waals surface area (Å²) in [6.45, 7) is 3.86. The maximum absolute atomic E-state index is 13.2. The van der Waals surface area contributed by atoms with Crippen LogP contribution in [0.4, 0.5) is 5.69 Å². The molecule has 5 nitrogen and oxygen atoms in total. The van der Waals surface area contributed by atoms with E-state index in [1.807, 2.05) is 50.4 Å². The van der Waals surface area contributed by atoms with Crippen LogP contribution in [0.2, 0.25) is 0 Å². The number of carboxylic acid groups (broad SMARTS) is 1. The van der Waals surface area contributed by atoms with Crippen molar-refractivity contribution in [1.82, 2.24) is 4.57 Å². The number of hydrogen-bond acceptors (Lipinski definition) is 3. The van der Waals surface area contributed by atoms with Crippen molar-refractivity contribution in [3.05, 3.63) is 64.8 Å². The Morgan fingerprint density at radius 2 is 1.88 bits per heavy atom. The lowest BCUT2D eigenvalue weighted by Crippen LogP contribution is -2.13. The maximum atomic E-state index is 13.2. The first-order valence-electron chi connectivity index (χ1n) is 8.60. The molecule has 0 radical (unpaired) electrons. The molecule has 0 aliphatic carbocycles. The number of anilines is 1. The molecule has 1 aromatic heterocycles. The van der Waals surface area contributed by atoms with Gasteiger partial charge in [-0.2, -0.15) is 0 Å². The summed E-state index contributed by atoms with van der Waals surface area (Å²) in [7, 11) is 0. The number of nitrogens with two attached hydrogens (primary N) is 1. The molecule has 0 unspecified atom stereocenters. The van der Waals surface area contributed by atoms with Crippen LogP contribution in [0.3, 0.4) is 0 Å². The number of nitrogens with zero attached hydrogens (tertiary/aromatic N) is 1. The minimum atomic E-state index is -0.810. The smallest absolute Gasteiger partial charge is 0.303 e. The summed E-state index contributed by atoms with van der Waals surface area (Å²) in [4.78, 5) is 24.0. The Morgan fingerprint density at radius 3 is 2.62 bits per heavy atom. The molecule has 134 valence electrons. The van der Waals surface area contributed by atoms with Gasteiger partial charge in [0.1, 0.15) is 0 Å². The highest BCUT2D eigenvalue weighted by atomic mass is 16.4. The van der Waals surface area contributed by atoms with Crippen LogP contribution in [0.25, 0.3) is 10.9 Å². The quantitative estimate of drug-likeness (QED) is 0.683. The van der Waals surface area contributed by atoms with Crippen molar-refractivity contribution >= 4 is 28.5 Å². The number of fused-ring (bicyclic) bond motifs is 1. The Bertz CT molecular complexity index is 1000. The van der Waals surface area contributed by atoms with E-state index < -0.39 is 5.97 Å². The highest BCUT2D eigenvalue weighted by molar-refractivity contribution is 6.04. The summed E-state index contributed by atoms with van der Waals surface area (Å²) < 4.78 is 1.65. The van der Waals surface area contributed by atoms with Gasteiger partial charge in [-0.3, -0.25) is 14.2 Å². The molecule has 5 heteroatoms. The first-order valence-corrected chi connectivity index (χ1v) is 8.60. The molecule has 3 aromatic rings. The normalized spacial score (nSPS) is 11.0. The molecule has 3 N–H and O–H groups in total. The SMILES string of the molecule is Cc1cc(N)cc(C(=O)n2cc(CCCC(=O)O)c3ccccc32)c1C. The van der Waals surface area contributed by atoms with Crippen LogP contribution in [0.5, 0.6) is 0 Å². The van der Waals surface area contributed by atoms with Gasteiger partial charge in [-0.05, 0) is 61.6 Å². The molecule has 0 saturated heterocycles. The number of para-hydroxylation sites is 1. The van der Waals surface area contributed by atoms with Crippen LogP contribution in [-0.2, 0) is 11.2 Å². The number of carbonyl (C=O) groups excluding carboxylic acids is 1. The van der Waals surface area contributed by atoms with Gasteiger partial charge >= 0.3 is 5.97 Å². The molecule has 0 aliphatic rings. The van der Waals surface area contributed by atoms with E-state index in [1.165, 1.54) is 0 Å². The fourth-order valence-electron chi connectivity index (χ4n) is 3.29. The van der Waals surface area contributed by atoms with Crippen molar-refractivity contribution in [3.63, 3.8) is 0 Å². The Morgan fingerprint density at radius 1 is 1.15 bits per heavy atom. The third kappa shape index (κ3) is 3.33. The van der Waals surface area contributed by atoms with E-state index in [2.05, 4.69) is 0 Å². The zero-order valence-corrected chi connectivity index (χ0v) is 15.0. The zero-order chi connectivity index (χ0) is 18.8. The molecule has 0 spiro atoms. The monoisotopic (exact) mass is 350 g/mol. The highest BCUT2D eigenvalue weighted by Gasteiger charge is 2.18. The molecular weight excluding hydrogens is 328 g/mol. The number of hydrogen-bond donors (Lipinski definition) is 2. The molecule has 0 fully saturated rings. The lowest BCUT2D eigenvalue weighted by molar-refractivity contribution is -0.137. The lowest BCUT2D eigenvalue weighted by atomic mass is 10.0. The summed E-state index contributed by atoms with van der Waals surface area (Å²) in [5.74, 6) is -0.936.